The first-order valence-electron chi connectivity index (χ1n) is 4.54. The van der Waals surface area contributed by atoms with Gasteiger partial charge in [-0.2, -0.15) is 5.10 Å². The maximum absolute atomic E-state index is 10.8. The summed E-state index contributed by atoms with van der Waals surface area (Å²) in [4.78, 5) is 24.6. The number of urea groups is 1. The number of nitrogens with two attached hydrogens (primary N) is 2. The minimum Gasteiger partial charge on any atom is -0.382 e. The van der Waals surface area contributed by atoms with Gasteiger partial charge in [-0.1, -0.05) is 12.1 Å². The van der Waals surface area contributed by atoms with Crippen molar-refractivity contribution in [3.05, 3.63) is 35.4 Å². The van der Waals surface area contributed by atoms with E-state index in [4.69, 9.17) is 11.5 Å². The number of rotatable bonds is 3. The number of nitrogens with one attached hydrogen (secondary N) is 1. The molecule has 0 unspecified atom stereocenters. The van der Waals surface area contributed by atoms with Crippen molar-refractivity contribution < 1.29 is 9.59 Å². The lowest BCUT2D eigenvalue weighted by Gasteiger charge is -2.01. The Morgan fingerprint density at radius 3 is 2.12 bits per heavy atom. The molecule has 3 amide bonds. The van der Waals surface area contributed by atoms with Crippen molar-refractivity contribution in [1.82, 2.24) is 5.43 Å². The second-order valence-electron chi connectivity index (χ2n) is 3.01. The highest BCUT2D eigenvalue weighted by molar-refractivity contribution is 5.99. The van der Waals surface area contributed by atoms with Gasteiger partial charge >= 0.3 is 6.03 Å². The largest absolute Gasteiger partial charge is 0.382 e. The van der Waals surface area contributed by atoms with E-state index < -0.39 is 11.9 Å². The summed E-state index contributed by atoms with van der Waals surface area (Å²) in [5.74, 6) is -0.450. The SMILES string of the molecule is C=NC(=O)N/N=C(\N)c1ccc(C(N)=O)cc1. The lowest BCUT2D eigenvalue weighted by Crippen LogP contribution is -2.21. The van der Waals surface area contributed by atoms with Crippen LogP contribution in [0.3, 0.4) is 0 Å². The topological polar surface area (TPSA) is 123 Å². The van der Waals surface area contributed by atoms with Crippen molar-refractivity contribution in [2.75, 3.05) is 0 Å². The summed E-state index contributed by atoms with van der Waals surface area (Å²) in [7, 11) is 0. The first-order chi connectivity index (χ1) is 8.04. The summed E-state index contributed by atoms with van der Waals surface area (Å²) in [6.45, 7) is 3.02. The molecule has 1 aromatic rings. The molecule has 7 heteroatoms. The van der Waals surface area contributed by atoms with Crippen molar-refractivity contribution in [2.24, 2.45) is 21.6 Å². The Morgan fingerprint density at radius 2 is 1.65 bits per heavy atom. The van der Waals surface area contributed by atoms with Gasteiger partial charge in [0.25, 0.3) is 0 Å². The maximum atomic E-state index is 10.8. The summed E-state index contributed by atoms with van der Waals surface area (Å²) < 4.78 is 0. The molecule has 1 rings (SSSR count). The van der Waals surface area contributed by atoms with E-state index >= 15 is 0 Å². The maximum Gasteiger partial charge on any atom is 0.360 e. The molecular weight excluding hydrogens is 222 g/mol. The first kappa shape index (κ1) is 12.4. The number of hydrazone groups is 1. The number of carbonyl (C=O) groups is 2. The molecular formula is C10H11N5O2. The van der Waals surface area contributed by atoms with E-state index in [2.05, 4.69) is 22.2 Å². The van der Waals surface area contributed by atoms with Crippen molar-refractivity contribution in [3.8, 4) is 0 Å². The number of primary amides is 1. The van der Waals surface area contributed by atoms with Crippen LogP contribution in [-0.4, -0.2) is 24.5 Å². The van der Waals surface area contributed by atoms with Crippen molar-refractivity contribution >= 4 is 24.5 Å². The Kier molecular flexibility index (Phi) is 3.93. The van der Waals surface area contributed by atoms with Crippen LogP contribution < -0.4 is 16.9 Å². The monoisotopic (exact) mass is 233 g/mol. The number of aliphatic imine (C=N–C) groups is 1. The zero-order valence-corrected chi connectivity index (χ0v) is 8.88. The van der Waals surface area contributed by atoms with Crippen LogP contribution in [0.25, 0.3) is 0 Å². The number of nitrogens with zero attached hydrogens (tertiary/aromatic N) is 2. The number of amidine groups is 1. The molecule has 17 heavy (non-hydrogen) atoms. The van der Waals surface area contributed by atoms with Gasteiger partial charge in [-0.05, 0) is 18.9 Å². The molecule has 0 fully saturated rings. The molecule has 5 N–H and O–H groups in total. The molecule has 0 radical (unpaired) electrons. The highest BCUT2D eigenvalue weighted by Gasteiger charge is 2.02. The fourth-order valence-corrected chi connectivity index (χ4v) is 1.01. The highest BCUT2D eigenvalue weighted by atomic mass is 16.2. The number of hydrogen-bond donors (Lipinski definition) is 3. The summed E-state index contributed by atoms with van der Waals surface area (Å²) in [5, 5.41) is 3.58. The third-order valence-electron chi connectivity index (χ3n) is 1.88. The van der Waals surface area contributed by atoms with Gasteiger partial charge in [0.2, 0.25) is 5.91 Å². The van der Waals surface area contributed by atoms with Crippen molar-refractivity contribution in [2.45, 2.75) is 0 Å². The number of carbonyl (C=O) groups excluding carboxylic acids is 2. The van der Waals surface area contributed by atoms with Gasteiger partial charge in [0.1, 0.15) is 0 Å². The standard InChI is InChI=1S/C10H11N5O2/c1-13-10(17)15-14-8(11)6-2-4-7(5-3-6)9(12)16/h2-5H,1H2,(H2,11,14)(H2,12,16)(H,15,17). The van der Waals surface area contributed by atoms with E-state index in [0.29, 0.717) is 11.1 Å². The molecule has 0 aromatic heterocycles. The molecule has 0 atom stereocenters. The van der Waals surface area contributed by atoms with E-state index in [1.165, 1.54) is 12.1 Å². The normalized spacial score (nSPS) is 10.7. The summed E-state index contributed by atoms with van der Waals surface area (Å²) >= 11 is 0. The van der Waals surface area contributed by atoms with Crippen molar-refractivity contribution in [3.63, 3.8) is 0 Å². The Hall–Kier alpha value is -2.70. The quantitative estimate of drug-likeness (QED) is 0.381. The van der Waals surface area contributed by atoms with Crippen LogP contribution in [-0.2, 0) is 0 Å². The lowest BCUT2D eigenvalue weighted by molar-refractivity contribution is 0.100. The number of amides is 3. The zero-order chi connectivity index (χ0) is 12.8. The van der Waals surface area contributed by atoms with Crippen LogP contribution in [0.4, 0.5) is 4.79 Å². The minimum atomic E-state index is -0.707. The minimum absolute atomic E-state index is 0.0815. The van der Waals surface area contributed by atoms with E-state index in [9.17, 15) is 9.59 Å². The molecule has 7 nitrogen and oxygen atoms in total. The molecule has 0 spiro atoms. The van der Waals surface area contributed by atoms with E-state index in [-0.39, 0.29) is 5.84 Å². The molecule has 88 valence electrons. The van der Waals surface area contributed by atoms with Crippen LogP contribution in [0.1, 0.15) is 15.9 Å². The Labute approximate surface area is 97.2 Å². The number of hydrogen-bond acceptors (Lipinski definition) is 3. The zero-order valence-electron chi connectivity index (χ0n) is 8.88. The fraction of sp³-hybridized carbons (Fsp3) is 0. The van der Waals surface area contributed by atoms with Crippen LogP contribution in [0.5, 0.6) is 0 Å². The van der Waals surface area contributed by atoms with Gasteiger partial charge in [-0.15, -0.1) is 0 Å². The summed E-state index contributed by atoms with van der Waals surface area (Å²) in [6, 6.07) is 5.43. The average Bonchev–Trinajstić information content (AvgIpc) is 2.35. The molecule has 0 aliphatic rings. The molecule has 0 bridgehead atoms. The predicted octanol–water partition coefficient (Wildman–Crippen LogP) is -0.184. The molecule has 0 aliphatic carbocycles. The van der Waals surface area contributed by atoms with Gasteiger partial charge < -0.3 is 11.5 Å². The molecule has 0 aliphatic heterocycles. The Balaban J connectivity index is 2.82. The average molecular weight is 233 g/mol. The van der Waals surface area contributed by atoms with Crippen LogP contribution in [0.2, 0.25) is 0 Å². The van der Waals surface area contributed by atoms with Crippen molar-refractivity contribution in [1.29, 1.82) is 0 Å². The molecule has 0 saturated heterocycles. The molecule has 0 heterocycles. The second-order valence-corrected chi connectivity index (χ2v) is 3.01. The van der Waals surface area contributed by atoms with Gasteiger partial charge in [-0.25, -0.2) is 15.2 Å². The van der Waals surface area contributed by atoms with E-state index in [1.54, 1.807) is 12.1 Å². The van der Waals surface area contributed by atoms with Gasteiger partial charge in [0.05, 0.1) is 0 Å². The molecule has 1 aromatic carbocycles. The van der Waals surface area contributed by atoms with Crippen LogP contribution in [0, 0.1) is 0 Å². The summed E-state index contributed by atoms with van der Waals surface area (Å²) in [5.41, 5.74) is 13.6. The van der Waals surface area contributed by atoms with E-state index in [1.807, 2.05) is 0 Å². The van der Waals surface area contributed by atoms with Gasteiger partial charge in [-0.3, -0.25) is 4.79 Å². The fourth-order valence-electron chi connectivity index (χ4n) is 1.01. The Morgan fingerprint density at radius 1 is 1.12 bits per heavy atom. The molecule has 0 saturated carbocycles. The highest BCUT2D eigenvalue weighted by Crippen LogP contribution is 2.03. The van der Waals surface area contributed by atoms with Gasteiger partial charge in [0.15, 0.2) is 5.84 Å². The third-order valence-corrected chi connectivity index (χ3v) is 1.88. The first-order valence-corrected chi connectivity index (χ1v) is 4.54. The van der Waals surface area contributed by atoms with Crippen LogP contribution in [0.15, 0.2) is 34.4 Å². The summed E-state index contributed by atoms with van der Waals surface area (Å²) in [6.07, 6.45) is 0. The second kappa shape index (κ2) is 5.40. The van der Waals surface area contributed by atoms with Crippen LogP contribution >= 0.6 is 0 Å². The third kappa shape index (κ3) is 3.42. The smallest absolute Gasteiger partial charge is 0.360 e. The van der Waals surface area contributed by atoms with E-state index in [0.717, 1.165) is 0 Å². The van der Waals surface area contributed by atoms with Gasteiger partial charge in [0, 0.05) is 11.1 Å². The Bertz CT molecular complexity index is 478. The number of benzene rings is 1. The predicted molar refractivity (Wildman–Crippen MR) is 63.8 cm³/mol. The lowest BCUT2D eigenvalue weighted by atomic mass is 10.1.